The first-order chi connectivity index (χ1) is 8.88. The minimum absolute atomic E-state index is 0.284. The molecule has 1 aromatic carbocycles. The number of ether oxygens (including phenoxy) is 2. The van der Waals surface area contributed by atoms with E-state index in [-0.39, 0.29) is 6.10 Å². The number of benzene rings is 1. The first-order valence-corrected chi connectivity index (χ1v) is 7.82. The summed E-state index contributed by atoms with van der Waals surface area (Å²) in [4.78, 5) is 0. The second kappa shape index (κ2) is 7.82. The molecule has 1 aliphatic heterocycles. The fraction of sp³-hybridized carbons (Fsp3) is 0.600. The van der Waals surface area contributed by atoms with Gasteiger partial charge in [-0.3, -0.25) is 0 Å². The molecule has 0 radical (unpaired) electrons. The summed E-state index contributed by atoms with van der Waals surface area (Å²) in [6.07, 6.45) is 3.87. The van der Waals surface area contributed by atoms with Gasteiger partial charge in [-0.2, -0.15) is 0 Å². The molecule has 2 rings (SSSR count). The van der Waals surface area contributed by atoms with E-state index in [0.29, 0.717) is 12.0 Å². The number of hydrogen-bond acceptors (Lipinski definition) is 3. The zero-order valence-corrected chi connectivity index (χ0v) is 11.8. The molecule has 2 unspecified atom stereocenters. The predicted octanol–water partition coefficient (Wildman–Crippen LogP) is 3.85. The van der Waals surface area contributed by atoms with Crippen molar-refractivity contribution in [2.24, 2.45) is 0 Å². The molecule has 0 N–H and O–H groups in total. The Hall–Kier alpha value is -0.510. The highest BCUT2D eigenvalue weighted by atomic mass is 32.2. The summed E-state index contributed by atoms with van der Waals surface area (Å²) in [6.45, 7) is 3.59. The summed E-state index contributed by atoms with van der Waals surface area (Å²) < 4.78 is 11.8. The standard InChI is InChI=1S/C15H22O2S/c1-2-18-15-10-6-9-14(17-15)12-16-11-13-7-4-3-5-8-13/h3-5,7-8,14-15H,2,6,9-12H2,1H3. The molecule has 0 aliphatic carbocycles. The fourth-order valence-corrected chi connectivity index (χ4v) is 3.12. The Morgan fingerprint density at radius 3 is 2.89 bits per heavy atom. The molecule has 0 bridgehead atoms. The molecule has 2 nitrogen and oxygen atoms in total. The minimum atomic E-state index is 0.284. The molecule has 1 aromatic rings. The van der Waals surface area contributed by atoms with Crippen LogP contribution in [0.5, 0.6) is 0 Å². The van der Waals surface area contributed by atoms with Gasteiger partial charge in [0.2, 0.25) is 0 Å². The lowest BCUT2D eigenvalue weighted by molar-refractivity contribution is -0.0573. The molecule has 0 amide bonds. The van der Waals surface area contributed by atoms with Crippen LogP contribution in [0, 0.1) is 0 Å². The van der Waals surface area contributed by atoms with Crippen molar-refractivity contribution in [2.45, 2.75) is 44.3 Å². The van der Waals surface area contributed by atoms with Gasteiger partial charge in [0, 0.05) is 0 Å². The first-order valence-electron chi connectivity index (χ1n) is 6.77. The summed E-state index contributed by atoms with van der Waals surface area (Å²) >= 11 is 1.91. The van der Waals surface area contributed by atoms with Gasteiger partial charge in [-0.1, -0.05) is 37.3 Å². The molecule has 1 heterocycles. The van der Waals surface area contributed by atoms with Gasteiger partial charge in [-0.05, 0) is 30.6 Å². The average molecular weight is 266 g/mol. The summed E-state index contributed by atoms with van der Waals surface area (Å²) in [6, 6.07) is 10.3. The summed E-state index contributed by atoms with van der Waals surface area (Å²) in [7, 11) is 0. The van der Waals surface area contributed by atoms with Crippen molar-refractivity contribution >= 4 is 11.8 Å². The molecule has 0 spiro atoms. The van der Waals surface area contributed by atoms with Crippen molar-refractivity contribution in [3.63, 3.8) is 0 Å². The molecular formula is C15H22O2S. The first kappa shape index (κ1) is 13.9. The zero-order chi connectivity index (χ0) is 12.6. The van der Waals surface area contributed by atoms with E-state index >= 15 is 0 Å². The van der Waals surface area contributed by atoms with Gasteiger partial charge in [-0.25, -0.2) is 0 Å². The maximum atomic E-state index is 6.00. The quantitative estimate of drug-likeness (QED) is 0.779. The lowest BCUT2D eigenvalue weighted by Crippen LogP contribution is -2.29. The largest absolute Gasteiger partial charge is 0.374 e. The van der Waals surface area contributed by atoms with E-state index in [4.69, 9.17) is 9.47 Å². The Morgan fingerprint density at radius 2 is 2.11 bits per heavy atom. The SMILES string of the molecule is CCSC1CCCC(COCc2ccccc2)O1. The van der Waals surface area contributed by atoms with E-state index in [1.165, 1.54) is 18.4 Å². The van der Waals surface area contributed by atoms with Gasteiger partial charge in [0.25, 0.3) is 0 Å². The van der Waals surface area contributed by atoms with Crippen LogP contribution >= 0.6 is 11.8 Å². The highest BCUT2D eigenvalue weighted by molar-refractivity contribution is 7.99. The summed E-state index contributed by atoms with van der Waals surface area (Å²) in [5.74, 6) is 1.13. The van der Waals surface area contributed by atoms with Gasteiger partial charge < -0.3 is 9.47 Å². The van der Waals surface area contributed by atoms with Crippen molar-refractivity contribution in [2.75, 3.05) is 12.4 Å². The molecule has 100 valence electrons. The van der Waals surface area contributed by atoms with Crippen LogP contribution in [0.1, 0.15) is 31.7 Å². The highest BCUT2D eigenvalue weighted by Crippen LogP contribution is 2.27. The van der Waals surface area contributed by atoms with Crippen LogP contribution < -0.4 is 0 Å². The third-order valence-corrected chi connectivity index (χ3v) is 4.13. The fourth-order valence-electron chi connectivity index (χ4n) is 2.18. The van der Waals surface area contributed by atoms with Gasteiger partial charge in [-0.15, -0.1) is 11.8 Å². The maximum Gasteiger partial charge on any atom is 0.103 e. The van der Waals surface area contributed by atoms with E-state index in [1.54, 1.807) is 0 Å². The Balaban J connectivity index is 1.67. The maximum absolute atomic E-state index is 6.00. The minimum Gasteiger partial charge on any atom is -0.374 e. The van der Waals surface area contributed by atoms with E-state index < -0.39 is 0 Å². The van der Waals surface area contributed by atoms with Crippen molar-refractivity contribution < 1.29 is 9.47 Å². The van der Waals surface area contributed by atoms with Gasteiger partial charge in [0.05, 0.1) is 19.3 Å². The predicted molar refractivity (Wildman–Crippen MR) is 76.7 cm³/mol. The molecule has 18 heavy (non-hydrogen) atoms. The van der Waals surface area contributed by atoms with Crippen LogP contribution in [0.15, 0.2) is 30.3 Å². The van der Waals surface area contributed by atoms with Crippen molar-refractivity contribution in [3.05, 3.63) is 35.9 Å². The van der Waals surface area contributed by atoms with E-state index in [1.807, 2.05) is 30.0 Å². The van der Waals surface area contributed by atoms with E-state index in [2.05, 4.69) is 19.1 Å². The van der Waals surface area contributed by atoms with Gasteiger partial charge >= 0.3 is 0 Å². The summed E-state index contributed by atoms with van der Waals surface area (Å²) in [5, 5.41) is 0. The van der Waals surface area contributed by atoms with E-state index in [9.17, 15) is 0 Å². The molecule has 2 atom stereocenters. The van der Waals surface area contributed by atoms with Gasteiger partial charge in [0.1, 0.15) is 5.44 Å². The molecule has 1 aliphatic rings. The van der Waals surface area contributed by atoms with Crippen LogP contribution in [0.3, 0.4) is 0 Å². The Kier molecular flexibility index (Phi) is 6.05. The molecule has 3 heteroatoms. The third kappa shape index (κ3) is 4.63. The Bertz CT molecular complexity index is 327. The van der Waals surface area contributed by atoms with E-state index in [0.717, 1.165) is 18.8 Å². The van der Waals surface area contributed by atoms with Crippen molar-refractivity contribution in [1.82, 2.24) is 0 Å². The molecule has 0 saturated carbocycles. The van der Waals surface area contributed by atoms with Crippen LogP contribution in [0.4, 0.5) is 0 Å². The topological polar surface area (TPSA) is 18.5 Å². The molecular weight excluding hydrogens is 244 g/mol. The van der Waals surface area contributed by atoms with Crippen LogP contribution in [0.2, 0.25) is 0 Å². The molecule has 0 aromatic heterocycles. The number of rotatable bonds is 6. The monoisotopic (exact) mass is 266 g/mol. The Morgan fingerprint density at radius 1 is 1.28 bits per heavy atom. The van der Waals surface area contributed by atoms with Crippen LogP contribution in [0.25, 0.3) is 0 Å². The number of thioether (sulfide) groups is 1. The molecule has 1 saturated heterocycles. The van der Waals surface area contributed by atoms with Crippen molar-refractivity contribution in [3.8, 4) is 0 Å². The normalized spacial score (nSPS) is 24.1. The number of hydrogen-bond donors (Lipinski definition) is 0. The van der Waals surface area contributed by atoms with Crippen LogP contribution in [-0.4, -0.2) is 23.9 Å². The smallest absolute Gasteiger partial charge is 0.103 e. The summed E-state index contributed by atoms with van der Waals surface area (Å²) in [5.41, 5.74) is 1.61. The highest BCUT2D eigenvalue weighted by Gasteiger charge is 2.22. The lowest BCUT2D eigenvalue weighted by Gasteiger charge is -2.29. The average Bonchev–Trinajstić information content (AvgIpc) is 2.41. The lowest BCUT2D eigenvalue weighted by atomic mass is 10.1. The van der Waals surface area contributed by atoms with Crippen LogP contribution in [-0.2, 0) is 16.1 Å². The third-order valence-electron chi connectivity index (χ3n) is 3.08. The van der Waals surface area contributed by atoms with Crippen molar-refractivity contribution in [1.29, 1.82) is 0 Å². The second-order valence-corrected chi connectivity index (χ2v) is 6.01. The second-order valence-electron chi connectivity index (χ2n) is 4.57. The molecule has 1 fully saturated rings. The Labute approximate surface area is 114 Å². The van der Waals surface area contributed by atoms with Gasteiger partial charge in [0.15, 0.2) is 0 Å². The zero-order valence-electron chi connectivity index (χ0n) is 11.0.